The first-order valence-electron chi connectivity index (χ1n) is 8.88. The second kappa shape index (κ2) is 7.61. The molecule has 1 N–H and O–H groups in total. The minimum atomic E-state index is -0.608. The number of nitrogens with zero attached hydrogens (tertiary/aromatic N) is 1. The number of amides is 2. The highest BCUT2D eigenvalue weighted by Gasteiger charge is 2.39. The van der Waals surface area contributed by atoms with Gasteiger partial charge in [-0.05, 0) is 56.7 Å². The van der Waals surface area contributed by atoms with Crippen LogP contribution in [0, 0.1) is 13.8 Å². The summed E-state index contributed by atoms with van der Waals surface area (Å²) in [4.78, 5) is 38.1. The summed E-state index contributed by atoms with van der Waals surface area (Å²) in [5, 5.41) is 3.18. The molecule has 1 heterocycles. The van der Waals surface area contributed by atoms with Gasteiger partial charge in [-0.1, -0.05) is 17.7 Å². The van der Waals surface area contributed by atoms with Gasteiger partial charge in [0, 0.05) is 5.69 Å². The summed E-state index contributed by atoms with van der Waals surface area (Å²) >= 11 is 0. The van der Waals surface area contributed by atoms with E-state index in [-0.39, 0.29) is 24.8 Å². The molecule has 3 rings (SSSR count). The fraction of sp³-hybridized carbons (Fsp3) is 0.286. The first kappa shape index (κ1) is 18.6. The van der Waals surface area contributed by atoms with E-state index in [0.717, 1.165) is 21.7 Å². The molecule has 2 aromatic rings. The van der Waals surface area contributed by atoms with E-state index in [1.807, 2.05) is 32.0 Å². The third-order valence-electron chi connectivity index (χ3n) is 4.49. The second-order valence-corrected chi connectivity index (χ2v) is 6.55. The maximum atomic E-state index is 12.8. The third kappa shape index (κ3) is 3.84. The molecule has 0 bridgehead atoms. The molecule has 27 heavy (non-hydrogen) atoms. The van der Waals surface area contributed by atoms with E-state index < -0.39 is 12.0 Å². The van der Waals surface area contributed by atoms with Gasteiger partial charge >= 0.3 is 5.97 Å². The molecular formula is C21H22N2O4. The number of esters is 1. The Balaban J connectivity index is 1.77. The van der Waals surface area contributed by atoms with Crippen LogP contribution in [0.1, 0.15) is 34.8 Å². The Morgan fingerprint density at radius 1 is 1.15 bits per heavy atom. The maximum Gasteiger partial charge on any atom is 0.338 e. The van der Waals surface area contributed by atoms with Gasteiger partial charge in [0.05, 0.1) is 24.3 Å². The van der Waals surface area contributed by atoms with Crippen molar-refractivity contribution in [3.05, 3.63) is 59.2 Å². The lowest BCUT2D eigenvalue weighted by Gasteiger charge is -2.17. The summed E-state index contributed by atoms with van der Waals surface area (Å²) in [7, 11) is 0. The van der Waals surface area contributed by atoms with Gasteiger partial charge in [-0.2, -0.15) is 0 Å². The van der Waals surface area contributed by atoms with Gasteiger partial charge in [0.25, 0.3) is 5.91 Å². The van der Waals surface area contributed by atoms with E-state index in [4.69, 9.17) is 4.74 Å². The van der Waals surface area contributed by atoms with Gasteiger partial charge in [-0.25, -0.2) is 9.69 Å². The Morgan fingerprint density at radius 2 is 1.85 bits per heavy atom. The SMILES string of the molecule is CCOC(=O)c1ccc(N2C(=O)C[C@@H](Nc3ccc(C)cc3C)C2=O)cc1. The van der Waals surface area contributed by atoms with Crippen LogP contribution >= 0.6 is 0 Å². The molecule has 1 aliphatic heterocycles. The standard InChI is InChI=1S/C21H22N2O4/c1-4-27-21(26)15-6-8-16(9-7-15)23-19(24)12-18(20(23)25)22-17-10-5-13(2)11-14(17)3/h5-11,18,22H,4,12H2,1-3H3/t18-/m1/s1. The van der Waals surface area contributed by atoms with Crippen LogP contribution in [0.4, 0.5) is 11.4 Å². The molecule has 1 saturated heterocycles. The molecule has 140 valence electrons. The number of imide groups is 1. The Kier molecular flexibility index (Phi) is 5.26. The monoisotopic (exact) mass is 366 g/mol. The first-order chi connectivity index (χ1) is 12.9. The molecule has 2 aromatic carbocycles. The number of ether oxygens (including phenoxy) is 1. The van der Waals surface area contributed by atoms with E-state index in [1.165, 1.54) is 0 Å². The third-order valence-corrected chi connectivity index (χ3v) is 4.49. The average molecular weight is 366 g/mol. The molecule has 1 aliphatic rings. The lowest BCUT2D eigenvalue weighted by Crippen LogP contribution is -2.35. The molecular weight excluding hydrogens is 344 g/mol. The second-order valence-electron chi connectivity index (χ2n) is 6.55. The van der Waals surface area contributed by atoms with Crippen molar-refractivity contribution >= 4 is 29.2 Å². The lowest BCUT2D eigenvalue weighted by molar-refractivity contribution is -0.121. The molecule has 0 spiro atoms. The summed E-state index contributed by atoms with van der Waals surface area (Å²) in [6.45, 7) is 5.98. The Hall–Kier alpha value is -3.15. The fourth-order valence-corrected chi connectivity index (χ4v) is 3.14. The number of anilines is 2. The van der Waals surface area contributed by atoms with Gasteiger partial charge in [-0.15, -0.1) is 0 Å². The van der Waals surface area contributed by atoms with Gasteiger partial charge < -0.3 is 10.1 Å². The summed E-state index contributed by atoms with van der Waals surface area (Å²) in [6, 6.07) is 11.6. The van der Waals surface area contributed by atoms with Crippen molar-refractivity contribution in [1.82, 2.24) is 0 Å². The smallest absolute Gasteiger partial charge is 0.338 e. The van der Waals surface area contributed by atoms with Crippen LogP contribution in [0.25, 0.3) is 0 Å². The topological polar surface area (TPSA) is 75.7 Å². The van der Waals surface area contributed by atoms with Crippen LogP contribution in [0.5, 0.6) is 0 Å². The summed E-state index contributed by atoms with van der Waals surface area (Å²) in [5.41, 5.74) is 3.82. The zero-order valence-corrected chi connectivity index (χ0v) is 15.6. The van der Waals surface area contributed by atoms with Crippen LogP contribution in [0.3, 0.4) is 0 Å². The average Bonchev–Trinajstić information content (AvgIpc) is 2.91. The van der Waals surface area contributed by atoms with Crippen LogP contribution in [0.15, 0.2) is 42.5 Å². The largest absolute Gasteiger partial charge is 0.462 e. The van der Waals surface area contributed by atoms with Crippen LogP contribution in [0.2, 0.25) is 0 Å². The van der Waals surface area contributed by atoms with Crippen molar-refractivity contribution in [3.8, 4) is 0 Å². The Labute approximate surface area is 158 Å². The summed E-state index contributed by atoms with van der Waals surface area (Å²) in [6.07, 6.45) is 0.0891. The molecule has 1 fully saturated rings. The van der Waals surface area contributed by atoms with Crippen molar-refractivity contribution in [2.75, 3.05) is 16.8 Å². The lowest BCUT2D eigenvalue weighted by atomic mass is 10.1. The van der Waals surface area contributed by atoms with Gasteiger partial charge in [0.15, 0.2) is 0 Å². The normalized spacial score (nSPS) is 16.6. The highest BCUT2D eigenvalue weighted by Crippen LogP contribution is 2.26. The van der Waals surface area contributed by atoms with Crippen molar-refractivity contribution in [1.29, 1.82) is 0 Å². The number of carbonyl (C=O) groups is 3. The number of hydrogen-bond donors (Lipinski definition) is 1. The quantitative estimate of drug-likeness (QED) is 0.649. The van der Waals surface area contributed by atoms with E-state index in [2.05, 4.69) is 5.32 Å². The van der Waals surface area contributed by atoms with Crippen molar-refractivity contribution in [2.24, 2.45) is 0 Å². The van der Waals surface area contributed by atoms with E-state index in [9.17, 15) is 14.4 Å². The predicted octanol–water partition coefficient (Wildman–Crippen LogP) is 3.22. The molecule has 6 heteroatoms. The molecule has 0 radical (unpaired) electrons. The minimum Gasteiger partial charge on any atom is -0.462 e. The molecule has 0 saturated carbocycles. The molecule has 2 amide bonds. The first-order valence-corrected chi connectivity index (χ1v) is 8.88. The highest BCUT2D eigenvalue weighted by molar-refractivity contribution is 6.23. The number of benzene rings is 2. The van der Waals surface area contributed by atoms with Crippen molar-refractivity contribution < 1.29 is 19.1 Å². The zero-order valence-electron chi connectivity index (χ0n) is 15.6. The fourth-order valence-electron chi connectivity index (χ4n) is 3.14. The molecule has 0 aromatic heterocycles. The van der Waals surface area contributed by atoms with Gasteiger partial charge in [0.2, 0.25) is 5.91 Å². The number of carbonyl (C=O) groups excluding carboxylic acids is 3. The zero-order chi connectivity index (χ0) is 19.6. The molecule has 6 nitrogen and oxygen atoms in total. The molecule has 0 aliphatic carbocycles. The van der Waals surface area contributed by atoms with E-state index >= 15 is 0 Å². The van der Waals surface area contributed by atoms with Gasteiger partial charge in [-0.3, -0.25) is 9.59 Å². The van der Waals surface area contributed by atoms with E-state index in [1.54, 1.807) is 31.2 Å². The summed E-state index contributed by atoms with van der Waals surface area (Å²) < 4.78 is 4.94. The van der Waals surface area contributed by atoms with Crippen molar-refractivity contribution in [3.63, 3.8) is 0 Å². The highest BCUT2D eigenvalue weighted by atomic mass is 16.5. The number of aryl methyl sites for hydroxylation is 2. The van der Waals surface area contributed by atoms with Crippen molar-refractivity contribution in [2.45, 2.75) is 33.2 Å². The summed E-state index contributed by atoms with van der Waals surface area (Å²) in [5.74, 6) is -1.01. The molecule has 0 unspecified atom stereocenters. The minimum absolute atomic E-state index is 0.0891. The number of nitrogens with one attached hydrogen (secondary N) is 1. The Morgan fingerprint density at radius 3 is 2.48 bits per heavy atom. The van der Waals surface area contributed by atoms with Crippen LogP contribution < -0.4 is 10.2 Å². The van der Waals surface area contributed by atoms with Crippen LogP contribution in [-0.4, -0.2) is 30.4 Å². The Bertz CT molecular complexity index is 890. The van der Waals surface area contributed by atoms with E-state index in [0.29, 0.717) is 11.3 Å². The number of rotatable bonds is 5. The van der Waals surface area contributed by atoms with Crippen LogP contribution in [-0.2, 0) is 14.3 Å². The van der Waals surface area contributed by atoms with Gasteiger partial charge in [0.1, 0.15) is 6.04 Å². The molecule has 1 atom stereocenters. The number of hydrogen-bond acceptors (Lipinski definition) is 5. The maximum absolute atomic E-state index is 12.8. The predicted molar refractivity (Wildman–Crippen MR) is 103 cm³/mol.